The van der Waals surface area contributed by atoms with Crippen LogP contribution in [0.5, 0.6) is 0 Å². The summed E-state index contributed by atoms with van der Waals surface area (Å²) in [6, 6.07) is 1.82. The van der Waals surface area contributed by atoms with E-state index in [-0.39, 0.29) is 17.7 Å². The molecule has 2 amide bonds. The minimum Gasteiger partial charge on any atom is -0.462 e. The van der Waals surface area contributed by atoms with Crippen molar-refractivity contribution < 1.29 is 14.0 Å². The third-order valence-electron chi connectivity index (χ3n) is 3.07. The zero-order chi connectivity index (χ0) is 12.7. The van der Waals surface area contributed by atoms with E-state index < -0.39 is 0 Å². The maximum absolute atomic E-state index is 11.8. The highest BCUT2D eigenvalue weighted by atomic mass is 79.9. The molecule has 5 nitrogen and oxygen atoms in total. The number of hydrogen-bond acceptors (Lipinski definition) is 4. The van der Waals surface area contributed by atoms with Crippen molar-refractivity contribution in [2.24, 2.45) is 0 Å². The molecule has 1 fully saturated rings. The number of halogens is 1. The number of hydrogen-bond donors (Lipinski definition) is 1. The first-order valence-electron chi connectivity index (χ1n) is 5.51. The maximum Gasteiger partial charge on any atom is 0.234 e. The van der Waals surface area contributed by atoms with Gasteiger partial charge in [0.25, 0.3) is 0 Å². The molecule has 1 aliphatic rings. The second kappa shape index (κ2) is 4.20. The van der Waals surface area contributed by atoms with Crippen LogP contribution in [-0.2, 0) is 9.59 Å². The number of furan rings is 1. The van der Waals surface area contributed by atoms with Crippen molar-refractivity contribution in [3.63, 3.8) is 0 Å². The largest absolute Gasteiger partial charge is 0.462 e. The first-order valence-corrected chi connectivity index (χ1v) is 6.31. The number of pyridine rings is 1. The van der Waals surface area contributed by atoms with Crippen molar-refractivity contribution >= 4 is 38.7 Å². The Hall–Kier alpha value is -1.69. The Morgan fingerprint density at radius 2 is 2.28 bits per heavy atom. The number of fused-ring (bicyclic) bond motifs is 1. The minimum absolute atomic E-state index is 0.216. The average molecular weight is 309 g/mol. The Kier molecular flexibility index (Phi) is 2.66. The number of rotatable bonds is 1. The summed E-state index contributed by atoms with van der Waals surface area (Å²) in [6.45, 7) is 0. The van der Waals surface area contributed by atoms with Crippen molar-refractivity contribution in [3.8, 4) is 0 Å². The number of carbonyl (C=O) groups excluding carboxylic acids is 2. The van der Waals surface area contributed by atoms with Gasteiger partial charge in [0.05, 0.1) is 18.4 Å². The summed E-state index contributed by atoms with van der Waals surface area (Å²) in [5, 5.41) is 3.20. The van der Waals surface area contributed by atoms with Gasteiger partial charge >= 0.3 is 0 Å². The average Bonchev–Trinajstić information content (AvgIpc) is 2.72. The Labute approximate surface area is 111 Å². The van der Waals surface area contributed by atoms with Crippen LogP contribution < -0.4 is 5.32 Å². The van der Waals surface area contributed by atoms with Crippen molar-refractivity contribution in [2.45, 2.75) is 18.8 Å². The fraction of sp³-hybridized carbons (Fsp3) is 0.250. The molecule has 0 radical (unpaired) electrons. The van der Waals surface area contributed by atoms with Crippen LogP contribution in [0.15, 0.2) is 27.5 Å². The molecule has 2 aromatic rings. The summed E-state index contributed by atoms with van der Waals surface area (Å²) in [7, 11) is 0. The number of carbonyl (C=O) groups is 2. The molecular weight excluding hydrogens is 300 g/mol. The highest BCUT2D eigenvalue weighted by Gasteiger charge is 2.30. The summed E-state index contributed by atoms with van der Waals surface area (Å²) in [6.07, 6.45) is 4.04. The third kappa shape index (κ3) is 1.82. The molecule has 0 aliphatic carbocycles. The smallest absolute Gasteiger partial charge is 0.234 e. The van der Waals surface area contributed by atoms with E-state index in [1.54, 1.807) is 12.5 Å². The molecule has 0 saturated carbocycles. The number of aromatic nitrogens is 1. The number of piperidine rings is 1. The predicted molar refractivity (Wildman–Crippen MR) is 66.8 cm³/mol. The quantitative estimate of drug-likeness (QED) is 0.647. The predicted octanol–water partition coefficient (Wildman–Crippen LogP) is 2.11. The van der Waals surface area contributed by atoms with E-state index >= 15 is 0 Å². The van der Waals surface area contributed by atoms with Gasteiger partial charge in [0.2, 0.25) is 11.8 Å². The summed E-state index contributed by atoms with van der Waals surface area (Å²) < 4.78 is 6.07. The molecule has 92 valence electrons. The van der Waals surface area contributed by atoms with Gasteiger partial charge in [0.15, 0.2) is 5.58 Å². The lowest BCUT2D eigenvalue weighted by atomic mass is 9.90. The zero-order valence-electron chi connectivity index (χ0n) is 9.27. The molecule has 3 heterocycles. The molecule has 6 heteroatoms. The lowest BCUT2D eigenvalue weighted by Crippen LogP contribution is -2.39. The standard InChI is InChI=1S/C12H9BrN2O3/c13-10-3-7-8(5-18-9(7)4-14-10)6-1-2-11(16)15-12(6)17/h3-6H,1-2H2,(H,15,16,17). The van der Waals surface area contributed by atoms with E-state index in [0.717, 1.165) is 10.9 Å². The first kappa shape index (κ1) is 11.4. The van der Waals surface area contributed by atoms with E-state index in [0.29, 0.717) is 23.0 Å². The van der Waals surface area contributed by atoms with Gasteiger partial charge in [-0.25, -0.2) is 4.98 Å². The monoisotopic (exact) mass is 308 g/mol. The zero-order valence-corrected chi connectivity index (χ0v) is 10.9. The fourth-order valence-corrected chi connectivity index (χ4v) is 2.52. The molecule has 0 spiro atoms. The molecule has 1 saturated heterocycles. The Bertz CT molecular complexity index is 650. The van der Waals surface area contributed by atoms with Gasteiger partial charge < -0.3 is 4.42 Å². The lowest BCUT2D eigenvalue weighted by molar-refractivity contribution is -0.134. The first-order chi connectivity index (χ1) is 8.65. The SMILES string of the molecule is O=C1CCC(c2coc3cnc(Br)cc23)C(=O)N1. The lowest BCUT2D eigenvalue weighted by Gasteiger charge is -2.19. The molecule has 3 rings (SSSR count). The number of amides is 2. The molecule has 1 N–H and O–H groups in total. The van der Waals surface area contributed by atoms with Crippen LogP contribution in [0.4, 0.5) is 0 Å². The van der Waals surface area contributed by atoms with Crippen molar-refractivity contribution in [1.29, 1.82) is 0 Å². The second-order valence-electron chi connectivity index (χ2n) is 4.20. The van der Waals surface area contributed by atoms with Gasteiger partial charge in [0, 0.05) is 17.4 Å². The third-order valence-corrected chi connectivity index (χ3v) is 3.51. The van der Waals surface area contributed by atoms with Crippen LogP contribution >= 0.6 is 15.9 Å². The Morgan fingerprint density at radius 1 is 1.44 bits per heavy atom. The molecule has 1 unspecified atom stereocenters. The second-order valence-corrected chi connectivity index (χ2v) is 5.01. The molecule has 0 aromatic carbocycles. The van der Waals surface area contributed by atoms with Gasteiger partial charge in [-0.3, -0.25) is 14.9 Å². The van der Waals surface area contributed by atoms with E-state index in [1.807, 2.05) is 6.07 Å². The van der Waals surface area contributed by atoms with Gasteiger partial charge in [-0.2, -0.15) is 0 Å². The van der Waals surface area contributed by atoms with Gasteiger partial charge in [-0.1, -0.05) is 0 Å². The summed E-state index contributed by atoms with van der Waals surface area (Å²) in [5.74, 6) is -0.813. The van der Waals surface area contributed by atoms with E-state index in [2.05, 4.69) is 26.2 Å². The molecule has 0 bridgehead atoms. The number of nitrogens with one attached hydrogen (secondary N) is 1. The Balaban J connectivity index is 2.06. The normalized spacial score (nSPS) is 20.2. The molecule has 2 aromatic heterocycles. The van der Waals surface area contributed by atoms with Crippen LogP contribution in [0.25, 0.3) is 11.0 Å². The summed E-state index contributed by atoms with van der Waals surface area (Å²) in [4.78, 5) is 27.0. The van der Waals surface area contributed by atoms with Crippen LogP contribution in [0.2, 0.25) is 0 Å². The summed E-state index contributed by atoms with van der Waals surface area (Å²) in [5.41, 5.74) is 1.44. The van der Waals surface area contributed by atoms with Crippen LogP contribution in [-0.4, -0.2) is 16.8 Å². The molecular formula is C12H9BrN2O3. The maximum atomic E-state index is 11.8. The van der Waals surface area contributed by atoms with Crippen LogP contribution in [0, 0.1) is 0 Å². The molecule has 1 atom stereocenters. The minimum atomic E-state index is -0.335. The van der Waals surface area contributed by atoms with E-state index in [1.165, 1.54) is 0 Å². The molecule has 1 aliphatic heterocycles. The van der Waals surface area contributed by atoms with Crippen LogP contribution in [0.3, 0.4) is 0 Å². The van der Waals surface area contributed by atoms with Crippen LogP contribution in [0.1, 0.15) is 24.3 Å². The van der Waals surface area contributed by atoms with Crippen molar-refractivity contribution in [3.05, 3.63) is 28.7 Å². The highest BCUT2D eigenvalue weighted by Crippen LogP contribution is 2.33. The number of imide groups is 1. The van der Waals surface area contributed by atoms with Gasteiger partial charge in [-0.05, 0) is 28.4 Å². The topological polar surface area (TPSA) is 72.2 Å². The number of nitrogens with zero attached hydrogens (tertiary/aromatic N) is 1. The Morgan fingerprint density at radius 3 is 3.06 bits per heavy atom. The molecule has 18 heavy (non-hydrogen) atoms. The van der Waals surface area contributed by atoms with E-state index in [9.17, 15) is 9.59 Å². The van der Waals surface area contributed by atoms with E-state index in [4.69, 9.17) is 4.42 Å². The highest BCUT2D eigenvalue weighted by molar-refractivity contribution is 9.10. The van der Waals surface area contributed by atoms with Gasteiger partial charge in [-0.15, -0.1) is 0 Å². The summed E-state index contributed by atoms with van der Waals surface area (Å²) >= 11 is 3.29. The van der Waals surface area contributed by atoms with Crippen molar-refractivity contribution in [2.75, 3.05) is 0 Å². The van der Waals surface area contributed by atoms with Gasteiger partial charge in [0.1, 0.15) is 4.60 Å². The fourth-order valence-electron chi connectivity index (χ4n) is 2.19. The van der Waals surface area contributed by atoms with Crippen molar-refractivity contribution in [1.82, 2.24) is 10.3 Å².